The molecule has 1 amide bonds. The van der Waals surface area contributed by atoms with Gasteiger partial charge in [-0.2, -0.15) is 0 Å². The van der Waals surface area contributed by atoms with Crippen LogP contribution in [0, 0.1) is 0 Å². The molecule has 0 spiro atoms. The number of amides is 1. The van der Waals surface area contributed by atoms with Gasteiger partial charge >= 0.3 is 0 Å². The second-order valence-corrected chi connectivity index (χ2v) is 8.16. The number of carbonyl (C=O) groups excluding carboxylic acids is 2. The number of aliphatic hydroxyl groups is 1. The molecule has 1 heterocycles. The Labute approximate surface area is 190 Å². The summed E-state index contributed by atoms with van der Waals surface area (Å²) in [6.07, 6.45) is 0.575. The maximum absolute atomic E-state index is 13.0. The topological polar surface area (TPSA) is 57.6 Å². The van der Waals surface area contributed by atoms with Gasteiger partial charge in [-0.1, -0.05) is 65.7 Å². The highest BCUT2D eigenvalue weighted by Crippen LogP contribution is 2.40. The van der Waals surface area contributed by atoms with E-state index in [0.717, 1.165) is 5.56 Å². The summed E-state index contributed by atoms with van der Waals surface area (Å²) < 4.78 is 0. The standard InChI is InChI=1S/C25H19Cl2NO3/c26-19-11-9-17(10-12-19)23(29)21-22(18-7-4-8-20(27)15-18)28(25(31)24(21)30)14-13-16-5-2-1-3-6-16/h1-12,15,22,29H,13-14H2. The molecule has 4 rings (SSSR count). The zero-order chi connectivity index (χ0) is 22.0. The van der Waals surface area contributed by atoms with E-state index in [1.165, 1.54) is 4.90 Å². The van der Waals surface area contributed by atoms with Crippen LogP contribution in [0.4, 0.5) is 0 Å². The first-order valence-corrected chi connectivity index (χ1v) is 10.5. The molecule has 1 fully saturated rings. The molecule has 3 aromatic rings. The predicted octanol–water partition coefficient (Wildman–Crippen LogP) is 5.66. The van der Waals surface area contributed by atoms with Gasteiger partial charge in [0.2, 0.25) is 0 Å². The molecule has 3 aromatic carbocycles. The minimum Gasteiger partial charge on any atom is -0.507 e. The van der Waals surface area contributed by atoms with Crippen molar-refractivity contribution in [2.24, 2.45) is 0 Å². The molecule has 0 aromatic heterocycles. The number of nitrogens with zero attached hydrogens (tertiary/aromatic N) is 1. The lowest BCUT2D eigenvalue weighted by Gasteiger charge is -2.25. The van der Waals surface area contributed by atoms with E-state index in [2.05, 4.69) is 0 Å². The van der Waals surface area contributed by atoms with Gasteiger partial charge in [0.15, 0.2) is 0 Å². The number of hydrogen-bond donors (Lipinski definition) is 1. The lowest BCUT2D eigenvalue weighted by atomic mass is 9.95. The van der Waals surface area contributed by atoms with Crippen LogP contribution in [0.5, 0.6) is 0 Å². The third-order valence-corrected chi connectivity index (χ3v) is 5.79. The maximum atomic E-state index is 13.0. The monoisotopic (exact) mass is 451 g/mol. The first-order valence-electron chi connectivity index (χ1n) is 9.79. The highest BCUT2D eigenvalue weighted by atomic mass is 35.5. The fourth-order valence-electron chi connectivity index (χ4n) is 3.79. The molecule has 0 aliphatic carbocycles. The Hall–Kier alpha value is -3.08. The first kappa shape index (κ1) is 21.2. The summed E-state index contributed by atoms with van der Waals surface area (Å²) in [6, 6.07) is 22.5. The number of halogens is 2. The number of aliphatic hydroxyl groups excluding tert-OH is 1. The molecular weight excluding hydrogens is 433 g/mol. The van der Waals surface area contributed by atoms with Crippen LogP contribution in [-0.2, 0) is 16.0 Å². The van der Waals surface area contributed by atoms with Crippen molar-refractivity contribution in [3.63, 3.8) is 0 Å². The van der Waals surface area contributed by atoms with Crippen LogP contribution in [0.15, 0.2) is 84.4 Å². The van der Waals surface area contributed by atoms with E-state index in [4.69, 9.17) is 23.2 Å². The third kappa shape index (κ3) is 4.36. The van der Waals surface area contributed by atoms with Crippen molar-refractivity contribution < 1.29 is 14.7 Å². The summed E-state index contributed by atoms with van der Waals surface area (Å²) in [4.78, 5) is 27.5. The number of Topliss-reactive ketones (excluding diaryl/α,β-unsaturated/α-hetero) is 1. The van der Waals surface area contributed by atoms with E-state index < -0.39 is 17.7 Å². The third-order valence-electron chi connectivity index (χ3n) is 5.31. The molecule has 0 radical (unpaired) electrons. The Bertz CT molecular complexity index is 1160. The van der Waals surface area contributed by atoms with Crippen LogP contribution in [0.2, 0.25) is 10.0 Å². The zero-order valence-corrected chi connectivity index (χ0v) is 18.0. The molecule has 1 unspecified atom stereocenters. The predicted molar refractivity (Wildman–Crippen MR) is 122 cm³/mol. The van der Waals surface area contributed by atoms with Crippen LogP contribution in [0.3, 0.4) is 0 Å². The molecule has 156 valence electrons. The summed E-state index contributed by atoms with van der Waals surface area (Å²) in [5.41, 5.74) is 2.17. The molecule has 1 atom stereocenters. The average Bonchev–Trinajstić information content (AvgIpc) is 3.03. The van der Waals surface area contributed by atoms with E-state index in [9.17, 15) is 14.7 Å². The average molecular weight is 452 g/mol. The number of hydrogen-bond acceptors (Lipinski definition) is 3. The van der Waals surface area contributed by atoms with Crippen molar-refractivity contribution in [2.75, 3.05) is 6.54 Å². The van der Waals surface area contributed by atoms with Crippen molar-refractivity contribution in [1.82, 2.24) is 4.90 Å². The summed E-state index contributed by atoms with van der Waals surface area (Å²) in [5.74, 6) is -1.59. The Kier molecular flexibility index (Phi) is 6.12. The zero-order valence-electron chi connectivity index (χ0n) is 16.5. The lowest BCUT2D eigenvalue weighted by Crippen LogP contribution is -2.31. The van der Waals surface area contributed by atoms with Crippen LogP contribution in [-0.4, -0.2) is 28.2 Å². The fraction of sp³-hybridized carbons (Fsp3) is 0.120. The lowest BCUT2D eigenvalue weighted by molar-refractivity contribution is -0.139. The minimum absolute atomic E-state index is 0.0441. The first-order chi connectivity index (χ1) is 15.0. The van der Waals surface area contributed by atoms with E-state index in [-0.39, 0.29) is 11.3 Å². The molecule has 31 heavy (non-hydrogen) atoms. The van der Waals surface area contributed by atoms with Crippen LogP contribution < -0.4 is 0 Å². The van der Waals surface area contributed by atoms with E-state index in [1.807, 2.05) is 30.3 Å². The van der Waals surface area contributed by atoms with Gasteiger partial charge in [-0.3, -0.25) is 9.59 Å². The van der Waals surface area contributed by atoms with E-state index in [0.29, 0.717) is 34.1 Å². The maximum Gasteiger partial charge on any atom is 0.295 e. The molecule has 6 heteroatoms. The molecule has 4 nitrogen and oxygen atoms in total. The molecule has 0 bridgehead atoms. The summed E-state index contributed by atoms with van der Waals surface area (Å²) in [7, 11) is 0. The molecule has 0 saturated carbocycles. The Morgan fingerprint density at radius 1 is 0.871 bits per heavy atom. The fourth-order valence-corrected chi connectivity index (χ4v) is 4.12. The molecule has 1 aliphatic heterocycles. The summed E-state index contributed by atoms with van der Waals surface area (Å²) >= 11 is 12.1. The Morgan fingerprint density at radius 3 is 2.26 bits per heavy atom. The van der Waals surface area contributed by atoms with Gasteiger partial charge in [0, 0.05) is 22.2 Å². The number of likely N-dealkylation sites (tertiary alicyclic amines) is 1. The van der Waals surface area contributed by atoms with Crippen molar-refractivity contribution in [3.8, 4) is 0 Å². The highest BCUT2D eigenvalue weighted by Gasteiger charge is 2.45. The van der Waals surface area contributed by atoms with Crippen molar-refractivity contribution in [2.45, 2.75) is 12.5 Å². The second-order valence-electron chi connectivity index (χ2n) is 7.29. The van der Waals surface area contributed by atoms with Gasteiger partial charge in [-0.05, 0) is 53.9 Å². The molecule has 1 saturated heterocycles. The Balaban J connectivity index is 1.79. The van der Waals surface area contributed by atoms with Crippen molar-refractivity contribution in [3.05, 3.63) is 111 Å². The van der Waals surface area contributed by atoms with Gasteiger partial charge in [-0.25, -0.2) is 0 Å². The normalized spacial score (nSPS) is 17.9. The highest BCUT2D eigenvalue weighted by molar-refractivity contribution is 6.46. The number of benzene rings is 3. The SMILES string of the molecule is O=C1C(=O)N(CCc2ccccc2)C(c2cccc(Cl)c2)C1=C(O)c1ccc(Cl)cc1. The van der Waals surface area contributed by atoms with Gasteiger partial charge in [0.05, 0.1) is 11.6 Å². The molecule has 1 aliphatic rings. The smallest absolute Gasteiger partial charge is 0.295 e. The number of ketones is 1. The summed E-state index contributed by atoms with van der Waals surface area (Å²) in [5, 5.41) is 12.0. The van der Waals surface area contributed by atoms with Gasteiger partial charge in [0.1, 0.15) is 5.76 Å². The number of carbonyl (C=O) groups is 2. The molecule has 1 N–H and O–H groups in total. The van der Waals surface area contributed by atoms with Gasteiger partial charge in [-0.15, -0.1) is 0 Å². The Morgan fingerprint density at radius 2 is 1.58 bits per heavy atom. The number of rotatable bonds is 5. The quantitative estimate of drug-likeness (QED) is 0.309. The second kappa shape index (κ2) is 8.96. The van der Waals surface area contributed by atoms with Crippen LogP contribution in [0.1, 0.15) is 22.7 Å². The minimum atomic E-state index is -0.738. The van der Waals surface area contributed by atoms with E-state index in [1.54, 1.807) is 48.5 Å². The van der Waals surface area contributed by atoms with Crippen molar-refractivity contribution >= 4 is 40.7 Å². The van der Waals surface area contributed by atoms with E-state index >= 15 is 0 Å². The van der Waals surface area contributed by atoms with Gasteiger partial charge < -0.3 is 10.0 Å². The largest absolute Gasteiger partial charge is 0.507 e. The van der Waals surface area contributed by atoms with Crippen LogP contribution in [0.25, 0.3) is 5.76 Å². The van der Waals surface area contributed by atoms with Crippen LogP contribution >= 0.6 is 23.2 Å². The molecular formula is C25H19Cl2NO3. The van der Waals surface area contributed by atoms with Gasteiger partial charge in [0.25, 0.3) is 11.7 Å². The summed E-state index contributed by atoms with van der Waals surface area (Å²) in [6.45, 7) is 0.323. The van der Waals surface area contributed by atoms with Crippen molar-refractivity contribution in [1.29, 1.82) is 0 Å².